The molecule has 0 aliphatic carbocycles. The lowest BCUT2D eigenvalue weighted by Crippen LogP contribution is -2.44. The SMILES string of the molecule is CC1CCC(CN)CN1CCC(=O)O. The van der Waals surface area contributed by atoms with E-state index in [9.17, 15) is 4.79 Å². The van der Waals surface area contributed by atoms with E-state index in [1.165, 1.54) is 6.42 Å². The summed E-state index contributed by atoms with van der Waals surface area (Å²) < 4.78 is 0. The van der Waals surface area contributed by atoms with E-state index in [-0.39, 0.29) is 6.42 Å². The molecular formula is C10H20N2O2. The molecule has 0 saturated carbocycles. The zero-order valence-electron chi connectivity index (χ0n) is 8.78. The molecule has 82 valence electrons. The molecule has 1 heterocycles. The van der Waals surface area contributed by atoms with E-state index in [4.69, 9.17) is 10.8 Å². The van der Waals surface area contributed by atoms with Gasteiger partial charge in [0.1, 0.15) is 0 Å². The molecule has 0 aromatic rings. The predicted molar refractivity (Wildman–Crippen MR) is 55.1 cm³/mol. The summed E-state index contributed by atoms with van der Waals surface area (Å²) in [7, 11) is 0. The third-order valence-electron chi connectivity index (χ3n) is 3.05. The lowest BCUT2D eigenvalue weighted by atomic mass is 9.93. The van der Waals surface area contributed by atoms with Gasteiger partial charge in [-0.3, -0.25) is 9.69 Å². The monoisotopic (exact) mass is 200 g/mol. The third kappa shape index (κ3) is 3.27. The van der Waals surface area contributed by atoms with Crippen LogP contribution >= 0.6 is 0 Å². The van der Waals surface area contributed by atoms with Gasteiger partial charge in [0.15, 0.2) is 0 Å². The van der Waals surface area contributed by atoms with Crippen molar-refractivity contribution in [1.29, 1.82) is 0 Å². The van der Waals surface area contributed by atoms with Crippen LogP contribution in [-0.2, 0) is 4.79 Å². The molecule has 0 bridgehead atoms. The van der Waals surface area contributed by atoms with E-state index in [0.717, 1.165) is 19.5 Å². The maximum absolute atomic E-state index is 10.4. The van der Waals surface area contributed by atoms with E-state index >= 15 is 0 Å². The average molecular weight is 200 g/mol. The molecule has 2 unspecified atom stereocenters. The van der Waals surface area contributed by atoms with Crippen molar-refractivity contribution in [3.8, 4) is 0 Å². The molecule has 2 atom stereocenters. The molecule has 0 aromatic heterocycles. The van der Waals surface area contributed by atoms with E-state index in [2.05, 4.69) is 11.8 Å². The minimum atomic E-state index is -0.716. The van der Waals surface area contributed by atoms with Crippen molar-refractivity contribution in [2.75, 3.05) is 19.6 Å². The first-order valence-electron chi connectivity index (χ1n) is 5.29. The van der Waals surface area contributed by atoms with Gasteiger partial charge in [0.25, 0.3) is 0 Å². The minimum Gasteiger partial charge on any atom is -0.481 e. The average Bonchev–Trinajstić information content (AvgIpc) is 2.16. The Bertz CT molecular complexity index is 197. The van der Waals surface area contributed by atoms with Crippen LogP contribution in [0.15, 0.2) is 0 Å². The van der Waals surface area contributed by atoms with E-state index in [0.29, 0.717) is 18.5 Å². The topological polar surface area (TPSA) is 66.6 Å². The largest absolute Gasteiger partial charge is 0.481 e. The number of hydrogen-bond donors (Lipinski definition) is 2. The summed E-state index contributed by atoms with van der Waals surface area (Å²) in [4.78, 5) is 12.7. The Morgan fingerprint density at radius 3 is 2.86 bits per heavy atom. The maximum atomic E-state index is 10.4. The van der Waals surface area contributed by atoms with Crippen molar-refractivity contribution < 1.29 is 9.90 Å². The Labute approximate surface area is 85.1 Å². The standard InChI is InChI=1S/C10H20N2O2/c1-8-2-3-9(6-11)7-12(8)5-4-10(13)14/h8-9H,2-7,11H2,1H3,(H,13,14). The molecule has 0 amide bonds. The molecule has 0 spiro atoms. The van der Waals surface area contributed by atoms with Gasteiger partial charge in [0.2, 0.25) is 0 Å². The van der Waals surface area contributed by atoms with Crippen molar-refractivity contribution in [2.24, 2.45) is 11.7 Å². The number of nitrogens with zero attached hydrogens (tertiary/aromatic N) is 1. The number of aliphatic carboxylic acids is 1. The van der Waals surface area contributed by atoms with Crippen LogP contribution in [-0.4, -0.2) is 41.7 Å². The third-order valence-corrected chi connectivity index (χ3v) is 3.05. The minimum absolute atomic E-state index is 0.238. The van der Waals surface area contributed by atoms with Gasteiger partial charge in [-0.15, -0.1) is 0 Å². The highest BCUT2D eigenvalue weighted by Gasteiger charge is 2.24. The molecule has 14 heavy (non-hydrogen) atoms. The molecule has 1 rings (SSSR count). The second kappa shape index (κ2) is 5.32. The van der Waals surface area contributed by atoms with Crippen LogP contribution in [0.3, 0.4) is 0 Å². The number of rotatable bonds is 4. The molecule has 1 fully saturated rings. The number of hydrogen-bond acceptors (Lipinski definition) is 3. The Hall–Kier alpha value is -0.610. The van der Waals surface area contributed by atoms with Gasteiger partial charge in [-0.2, -0.15) is 0 Å². The quantitative estimate of drug-likeness (QED) is 0.694. The molecule has 1 aliphatic heterocycles. The van der Waals surface area contributed by atoms with Crippen LogP contribution in [0.25, 0.3) is 0 Å². The van der Waals surface area contributed by atoms with Crippen molar-refractivity contribution in [3.63, 3.8) is 0 Å². The maximum Gasteiger partial charge on any atom is 0.304 e. The second-order valence-electron chi connectivity index (χ2n) is 4.17. The number of likely N-dealkylation sites (tertiary alicyclic amines) is 1. The molecular weight excluding hydrogens is 180 g/mol. The molecule has 1 aliphatic rings. The molecule has 0 aromatic carbocycles. The lowest BCUT2D eigenvalue weighted by Gasteiger charge is -2.37. The molecule has 1 saturated heterocycles. The highest BCUT2D eigenvalue weighted by molar-refractivity contribution is 5.66. The zero-order valence-corrected chi connectivity index (χ0v) is 8.78. The summed E-state index contributed by atoms with van der Waals surface area (Å²) in [5.74, 6) is -0.160. The van der Waals surface area contributed by atoms with E-state index in [1.807, 2.05) is 0 Å². The highest BCUT2D eigenvalue weighted by Crippen LogP contribution is 2.20. The Balaban J connectivity index is 2.36. The van der Waals surface area contributed by atoms with E-state index in [1.54, 1.807) is 0 Å². The summed E-state index contributed by atoms with van der Waals surface area (Å²) in [5.41, 5.74) is 5.62. The lowest BCUT2D eigenvalue weighted by molar-refractivity contribution is -0.137. The fourth-order valence-electron chi connectivity index (χ4n) is 2.01. The predicted octanol–water partition coefficient (Wildman–Crippen LogP) is 0.520. The summed E-state index contributed by atoms with van der Waals surface area (Å²) in [6.07, 6.45) is 2.56. The first kappa shape index (κ1) is 11.5. The first-order valence-corrected chi connectivity index (χ1v) is 5.29. The van der Waals surface area contributed by atoms with Crippen LogP contribution in [0.4, 0.5) is 0 Å². The number of nitrogens with two attached hydrogens (primary N) is 1. The van der Waals surface area contributed by atoms with Crippen LogP contribution in [0, 0.1) is 5.92 Å². The number of carbonyl (C=O) groups is 1. The van der Waals surface area contributed by atoms with Crippen molar-refractivity contribution >= 4 is 5.97 Å². The van der Waals surface area contributed by atoms with Gasteiger partial charge < -0.3 is 10.8 Å². The summed E-state index contributed by atoms with van der Waals surface area (Å²) >= 11 is 0. The van der Waals surface area contributed by atoms with Crippen molar-refractivity contribution in [3.05, 3.63) is 0 Å². The molecule has 4 nitrogen and oxygen atoms in total. The number of piperidine rings is 1. The van der Waals surface area contributed by atoms with Gasteiger partial charge in [-0.25, -0.2) is 0 Å². The summed E-state index contributed by atoms with van der Waals surface area (Å²) in [6, 6.07) is 0.511. The van der Waals surface area contributed by atoms with Crippen LogP contribution in [0.1, 0.15) is 26.2 Å². The van der Waals surface area contributed by atoms with Gasteiger partial charge in [0.05, 0.1) is 6.42 Å². The Morgan fingerprint density at radius 2 is 2.29 bits per heavy atom. The molecule has 0 radical (unpaired) electrons. The fraction of sp³-hybridized carbons (Fsp3) is 0.900. The van der Waals surface area contributed by atoms with Crippen LogP contribution < -0.4 is 5.73 Å². The second-order valence-corrected chi connectivity index (χ2v) is 4.17. The van der Waals surface area contributed by atoms with Gasteiger partial charge in [-0.05, 0) is 32.2 Å². The normalized spacial score (nSPS) is 29.0. The summed E-state index contributed by atoms with van der Waals surface area (Å²) in [5, 5.41) is 8.60. The van der Waals surface area contributed by atoms with Gasteiger partial charge in [0, 0.05) is 19.1 Å². The Morgan fingerprint density at radius 1 is 1.57 bits per heavy atom. The fourth-order valence-corrected chi connectivity index (χ4v) is 2.01. The zero-order chi connectivity index (χ0) is 10.6. The van der Waals surface area contributed by atoms with Crippen molar-refractivity contribution in [1.82, 2.24) is 4.90 Å². The smallest absolute Gasteiger partial charge is 0.304 e. The summed E-state index contributed by atoms with van der Waals surface area (Å²) in [6.45, 7) is 4.50. The Kier molecular flexibility index (Phi) is 4.35. The molecule has 3 N–H and O–H groups in total. The van der Waals surface area contributed by atoms with Crippen LogP contribution in [0.2, 0.25) is 0 Å². The number of carboxylic acid groups (broad SMARTS) is 1. The highest BCUT2D eigenvalue weighted by atomic mass is 16.4. The van der Waals surface area contributed by atoms with Gasteiger partial charge >= 0.3 is 5.97 Å². The first-order chi connectivity index (χ1) is 6.63. The number of carboxylic acids is 1. The van der Waals surface area contributed by atoms with Crippen molar-refractivity contribution in [2.45, 2.75) is 32.2 Å². The van der Waals surface area contributed by atoms with E-state index < -0.39 is 5.97 Å². The molecule has 4 heteroatoms. The van der Waals surface area contributed by atoms with Crippen LogP contribution in [0.5, 0.6) is 0 Å². The van der Waals surface area contributed by atoms with Gasteiger partial charge in [-0.1, -0.05) is 0 Å².